The number of β-lactam (4-membered cyclic amide) rings is 1. The van der Waals surface area contributed by atoms with Gasteiger partial charge in [0.1, 0.15) is 6.04 Å². The van der Waals surface area contributed by atoms with Crippen LogP contribution < -0.4 is 10.8 Å². The number of nitrogens with one attached hydrogen (secondary N) is 2. The minimum atomic E-state index is -4.55. The number of urea groups is 1. The number of hydrogen-bond donors (Lipinski definition) is 3. The first-order valence-corrected chi connectivity index (χ1v) is 8.52. The summed E-state index contributed by atoms with van der Waals surface area (Å²) in [7, 11) is -4.55. The number of nitrogens with zero attached hydrogens (tertiary/aromatic N) is 2. The predicted molar refractivity (Wildman–Crippen MR) is 72.8 cm³/mol. The predicted octanol–water partition coefficient (Wildman–Crippen LogP) is -1.53. The molecule has 3 amide bonds. The van der Waals surface area contributed by atoms with Crippen LogP contribution in [0.1, 0.15) is 19.3 Å². The Morgan fingerprint density at radius 3 is 2.86 bits per heavy atom. The third kappa shape index (κ3) is 2.64. The van der Waals surface area contributed by atoms with Crippen molar-refractivity contribution in [3.63, 3.8) is 0 Å². The van der Waals surface area contributed by atoms with Crippen LogP contribution in [-0.2, 0) is 19.9 Å². The lowest BCUT2D eigenvalue weighted by Gasteiger charge is -2.42. The molecule has 3 aliphatic heterocycles. The Balaban J connectivity index is 1.62. The maximum atomic E-state index is 12.3. The molecule has 11 heteroatoms. The average molecular weight is 334 g/mol. The monoisotopic (exact) mass is 334 g/mol. The van der Waals surface area contributed by atoms with Gasteiger partial charge >= 0.3 is 16.3 Å². The summed E-state index contributed by atoms with van der Waals surface area (Å²) in [6.45, 7) is 1.37. The lowest BCUT2D eigenvalue weighted by Crippen LogP contribution is -2.69. The van der Waals surface area contributed by atoms with Gasteiger partial charge in [-0.25, -0.2) is 14.6 Å². The number of amides is 3. The number of rotatable bonds is 2. The Morgan fingerprint density at radius 1 is 1.36 bits per heavy atom. The molecule has 0 unspecified atom stereocenters. The number of hydroxylamine groups is 1. The van der Waals surface area contributed by atoms with E-state index in [1.165, 1.54) is 4.90 Å². The molecule has 0 aromatic heterocycles. The summed E-state index contributed by atoms with van der Waals surface area (Å²) in [6.07, 6.45) is 1.70. The van der Waals surface area contributed by atoms with Crippen LogP contribution in [0.3, 0.4) is 0 Å². The standard InChI is InChI=1S/C11H18N4O6S/c16-10-9-8(15(10)22(18,19)20)2-5-14(9)11(17)13-7-1-4-12-21-6-3-7/h7-9,12H,1-6H2,(H,13,17)(H,18,19,20)/t7-,8-,9+/m1/s1. The van der Waals surface area contributed by atoms with Gasteiger partial charge in [0.2, 0.25) is 0 Å². The molecule has 0 aromatic carbocycles. The van der Waals surface area contributed by atoms with Gasteiger partial charge in [-0.15, -0.1) is 0 Å². The number of likely N-dealkylation sites (tertiary alicyclic amines) is 1. The van der Waals surface area contributed by atoms with E-state index in [-0.39, 0.29) is 18.6 Å². The van der Waals surface area contributed by atoms with E-state index in [2.05, 4.69) is 10.8 Å². The van der Waals surface area contributed by atoms with Crippen LogP contribution in [0, 0.1) is 0 Å². The lowest BCUT2D eigenvalue weighted by atomic mass is 10.0. The Bertz CT molecular complexity index is 573. The summed E-state index contributed by atoms with van der Waals surface area (Å²) < 4.78 is 31.7. The van der Waals surface area contributed by atoms with E-state index in [4.69, 9.17) is 9.39 Å². The van der Waals surface area contributed by atoms with Crippen LogP contribution in [0.5, 0.6) is 0 Å². The van der Waals surface area contributed by atoms with Crippen molar-refractivity contribution >= 4 is 22.2 Å². The molecule has 0 saturated carbocycles. The molecule has 3 N–H and O–H groups in total. The average Bonchev–Trinajstić information content (AvgIpc) is 2.60. The smallest absolute Gasteiger partial charge is 0.335 e. The van der Waals surface area contributed by atoms with Crippen molar-refractivity contribution in [2.45, 2.75) is 37.4 Å². The van der Waals surface area contributed by atoms with Crippen LogP contribution in [0.25, 0.3) is 0 Å². The second kappa shape index (κ2) is 5.65. The van der Waals surface area contributed by atoms with Crippen LogP contribution >= 0.6 is 0 Å². The van der Waals surface area contributed by atoms with Crippen LogP contribution in [0.2, 0.25) is 0 Å². The summed E-state index contributed by atoms with van der Waals surface area (Å²) in [5.74, 6) is -0.758. The first-order valence-electron chi connectivity index (χ1n) is 7.12. The van der Waals surface area contributed by atoms with Crippen molar-refractivity contribution in [1.82, 2.24) is 20.0 Å². The van der Waals surface area contributed by atoms with Gasteiger partial charge < -0.3 is 15.1 Å². The third-order valence-electron chi connectivity index (χ3n) is 4.24. The van der Waals surface area contributed by atoms with Gasteiger partial charge in [-0.2, -0.15) is 8.42 Å². The molecule has 3 rings (SSSR count). The number of fused-ring (bicyclic) bond motifs is 1. The molecule has 124 valence electrons. The van der Waals surface area contributed by atoms with Gasteiger partial charge in [-0.1, -0.05) is 0 Å². The Morgan fingerprint density at radius 2 is 2.14 bits per heavy atom. The quantitative estimate of drug-likeness (QED) is 0.413. The van der Waals surface area contributed by atoms with E-state index < -0.39 is 28.3 Å². The van der Waals surface area contributed by atoms with Crippen molar-refractivity contribution in [2.75, 3.05) is 19.7 Å². The zero-order valence-corrected chi connectivity index (χ0v) is 12.6. The molecule has 0 spiro atoms. The maximum absolute atomic E-state index is 12.3. The van der Waals surface area contributed by atoms with Gasteiger partial charge in [0.15, 0.2) is 0 Å². The Hall–Kier alpha value is -1.43. The summed E-state index contributed by atoms with van der Waals surface area (Å²) in [6, 6.07) is -1.91. The fourth-order valence-electron chi connectivity index (χ4n) is 3.17. The molecule has 0 bridgehead atoms. The van der Waals surface area contributed by atoms with Gasteiger partial charge in [0.05, 0.1) is 12.6 Å². The molecule has 22 heavy (non-hydrogen) atoms. The molecule has 0 aromatic rings. The van der Waals surface area contributed by atoms with Crippen molar-refractivity contribution in [3.05, 3.63) is 0 Å². The summed E-state index contributed by atoms with van der Waals surface area (Å²) in [5, 5.41) is 2.84. The molecular weight excluding hydrogens is 316 g/mol. The van der Waals surface area contributed by atoms with E-state index in [9.17, 15) is 18.0 Å². The highest BCUT2D eigenvalue weighted by Crippen LogP contribution is 2.35. The number of hydrogen-bond acceptors (Lipinski definition) is 6. The molecule has 3 heterocycles. The van der Waals surface area contributed by atoms with Gasteiger partial charge in [0.25, 0.3) is 5.91 Å². The summed E-state index contributed by atoms with van der Waals surface area (Å²) in [4.78, 5) is 30.6. The Labute approximate surface area is 127 Å². The molecule has 3 saturated heterocycles. The van der Waals surface area contributed by atoms with E-state index in [0.29, 0.717) is 36.7 Å². The first-order chi connectivity index (χ1) is 10.4. The zero-order chi connectivity index (χ0) is 15.9. The van der Waals surface area contributed by atoms with Crippen molar-refractivity contribution < 1.29 is 27.4 Å². The van der Waals surface area contributed by atoms with Crippen molar-refractivity contribution in [3.8, 4) is 0 Å². The van der Waals surface area contributed by atoms with Crippen molar-refractivity contribution in [2.24, 2.45) is 0 Å². The second-order valence-corrected chi connectivity index (χ2v) is 6.86. The van der Waals surface area contributed by atoms with E-state index in [1.807, 2.05) is 0 Å². The largest absolute Gasteiger partial charge is 0.362 e. The highest BCUT2D eigenvalue weighted by Gasteiger charge is 2.60. The molecule has 3 atom stereocenters. The molecular formula is C11H18N4O6S. The van der Waals surface area contributed by atoms with Gasteiger partial charge in [0, 0.05) is 19.1 Å². The molecule has 3 fully saturated rings. The lowest BCUT2D eigenvalue weighted by molar-refractivity contribution is -0.143. The normalized spacial score (nSPS) is 32.2. The molecule has 10 nitrogen and oxygen atoms in total. The fraction of sp³-hybridized carbons (Fsp3) is 0.818. The SMILES string of the molecule is O=C(N[C@@H]1CCNOCC1)N1CC[C@@H]2[C@H]1C(=O)N2S(=O)(=O)O. The first kappa shape index (κ1) is 15.5. The maximum Gasteiger partial charge on any atom is 0.362 e. The Kier molecular flexibility index (Phi) is 3.97. The third-order valence-corrected chi connectivity index (χ3v) is 5.19. The van der Waals surface area contributed by atoms with Crippen LogP contribution in [0.4, 0.5) is 4.79 Å². The molecule has 3 aliphatic rings. The number of carbonyl (C=O) groups is 2. The minimum Gasteiger partial charge on any atom is -0.335 e. The fourth-order valence-corrected chi connectivity index (χ4v) is 4.07. The van der Waals surface area contributed by atoms with E-state index >= 15 is 0 Å². The zero-order valence-electron chi connectivity index (χ0n) is 11.8. The molecule has 0 aliphatic carbocycles. The van der Waals surface area contributed by atoms with Crippen LogP contribution in [-0.4, -0.2) is 71.9 Å². The van der Waals surface area contributed by atoms with Crippen molar-refractivity contribution in [1.29, 1.82) is 0 Å². The topological polar surface area (TPSA) is 128 Å². The summed E-state index contributed by atoms with van der Waals surface area (Å²) in [5.41, 5.74) is 2.76. The van der Waals surface area contributed by atoms with E-state index in [0.717, 1.165) is 0 Å². The second-order valence-electron chi connectivity index (χ2n) is 5.57. The highest BCUT2D eigenvalue weighted by molar-refractivity contribution is 7.84. The summed E-state index contributed by atoms with van der Waals surface area (Å²) >= 11 is 0. The van der Waals surface area contributed by atoms with E-state index in [1.54, 1.807) is 0 Å². The highest BCUT2D eigenvalue weighted by atomic mass is 32.2. The van der Waals surface area contributed by atoms with Gasteiger partial charge in [-0.05, 0) is 19.3 Å². The minimum absolute atomic E-state index is 0.0607. The number of carbonyl (C=O) groups excluding carboxylic acids is 2. The molecule has 0 radical (unpaired) electrons. The van der Waals surface area contributed by atoms with Gasteiger partial charge in [-0.3, -0.25) is 9.35 Å². The van der Waals surface area contributed by atoms with Crippen LogP contribution in [0.15, 0.2) is 0 Å².